The molecule has 34 heavy (non-hydrogen) atoms. The highest BCUT2D eigenvalue weighted by atomic mass is 35.5. The molecule has 11 heteroatoms. The van der Waals surface area contributed by atoms with Crippen LogP contribution in [-0.2, 0) is 16.1 Å². The molecular weight excluding hydrogens is 481 g/mol. The first-order chi connectivity index (χ1) is 16.3. The molecule has 4 heterocycles. The summed E-state index contributed by atoms with van der Waals surface area (Å²) in [5, 5.41) is 3.24. The van der Waals surface area contributed by atoms with Crippen LogP contribution in [0.25, 0.3) is 0 Å². The van der Waals surface area contributed by atoms with Gasteiger partial charge in [-0.05, 0) is 24.1 Å². The Morgan fingerprint density at radius 1 is 0.941 bits per heavy atom. The van der Waals surface area contributed by atoms with Crippen LogP contribution in [0, 0.1) is 0 Å². The van der Waals surface area contributed by atoms with Gasteiger partial charge in [-0.3, -0.25) is 39.3 Å². The summed E-state index contributed by atoms with van der Waals surface area (Å²) in [6, 6.07) is 4.24. The van der Waals surface area contributed by atoms with Crippen LogP contribution in [0.4, 0.5) is 5.69 Å². The van der Waals surface area contributed by atoms with Crippen molar-refractivity contribution in [3.63, 3.8) is 0 Å². The largest absolute Gasteiger partial charge is 0.366 e. The van der Waals surface area contributed by atoms with E-state index in [0.29, 0.717) is 22.2 Å². The number of imide groups is 2. The number of benzene rings is 1. The number of nitrogens with one attached hydrogen (secondary N) is 1. The summed E-state index contributed by atoms with van der Waals surface area (Å²) >= 11 is 12.6. The van der Waals surface area contributed by atoms with E-state index in [2.05, 4.69) is 20.1 Å². The number of hydrogen-bond acceptors (Lipinski definition) is 7. The minimum absolute atomic E-state index is 0.0942. The lowest BCUT2D eigenvalue weighted by atomic mass is 10.0. The van der Waals surface area contributed by atoms with E-state index in [1.807, 2.05) is 6.07 Å². The van der Waals surface area contributed by atoms with Crippen LogP contribution in [0.1, 0.15) is 39.1 Å². The third-order valence-corrected chi connectivity index (χ3v) is 6.98. The van der Waals surface area contributed by atoms with Crippen molar-refractivity contribution in [2.24, 2.45) is 0 Å². The van der Waals surface area contributed by atoms with Crippen LogP contribution in [0.15, 0.2) is 30.6 Å². The number of nitrogens with zero attached hydrogens (tertiary/aromatic N) is 4. The van der Waals surface area contributed by atoms with Crippen LogP contribution >= 0.6 is 23.2 Å². The lowest BCUT2D eigenvalue weighted by Gasteiger charge is -2.36. The van der Waals surface area contributed by atoms with E-state index in [4.69, 9.17) is 23.2 Å². The first kappa shape index (κ1) is 22.8. The number of anilines is 1. The minimum Gasteiger partial charge on any atom is -0.366 e. The van der Waals surface area contributed by atoms with Crippen molar-refractivity contribution in [3.8, 4) is 0 Å². The molecule has 9 nitrogen and oxygen atoms in total. The fourth-order valence-electron chi connectivity index (χ4n) is 4.71. The van der Waals surface area contributed by atoms with E-state index in [-0.39, 0.29) is 18.4 Å². The van der Waals surface area contributed by atoms with Crippen molar-refractivity contribution in [1.82, 2.24) is 20.1 Å². The molecule has 1 unspecified atom stereocenters. The quantitative estimate of drug-likeness (QED) is 0.639. The Balaban J connectivity index is 1.26. The van der Waals surface area contributed by atoms with Crippen molar-refractivity contribution >= 4 is 52.5 Å². The summed E-state index contributed by atoms with van der Waals surface area (Å²) in [4.78, 5) is 58.9. The molecule has 0 bridgehead atoms. The number of carbonyl (C=O) groups excluding carboxylic acids is 4. The van der Waals surface area contributed by atoms with Gasteiger partial charge in [0.05, 0.1) is 26.9 Å². The predicted octanol–water partition coefficient (Wildman–Crippen LogP) is 2.11. The minimum atomic E-state index is -0.964. The van der Waals surface area contributed by atoms with Crippen molar-refractivity contribution in [2.45, 2.75) is 25.4 Å². The zero-order valence-corrected chi connectivity index (χ0v) is 19.6. The molecule has 3 aliphatic heterocycles. The van der Waals surface area contributed by atoms with E-state index in [1.54, 1.807) is 24.5 Å². The number of hydrogen-bond donors (Lipinski definition) is 1. The highest BCUT2D eigenvalue weighted by Crippen LogP contribution is 2.33. The van der Waals surface area contributed by atoms with Gasteiger partial charge in [0.25, 0.3) is 11.8 Å². The number of piperidine rings is 1. The van der Waals surface area contributed by atoms with Crippen molar-refractivity contribution < 1.29 is 19.2 Å². The molecule has 176 valence electrons. The second-order valence-electron chi connectivity index (χ2n) is 8.54. The normalized spacial score (nSPS) is 21.2. The van der Waals surface area contributed by atoms with Gasteiger partial charge in [-0.2, -0.15) is 0 Å². The van der Waals surface area contributed by atoms with Crippen molar-refractivity contribution in [3.05, 3.63) is 57.3 Å². The fourth-order valence-corrected chi connectivity index (χ4v) is 5.31. The monoisotopic (exact) mass is 501 g/mol. The van der Waals surface area contributed by atoms with E-state index < -0.39 is 29.7 Å². The molecule has 0 radical (unpaired) electrons. The van der Waals surface area contributed by atoms with Crippen molar-refractivity contribution in [1.29, 1.82) is 0 Å². The second kappa shape index (κ2) is 8.98. The number of amides is 4. The highest BCUT2D eigenvalue weighted by molar-refractivity contribution is 6.38. The van der Waals surface area contributed by atoms with Gasteiger partial charge in [0.1, 0.15) is 6.04 Å². The van der Waals surface area contributed by atoms with E-state index in [1.165, 1.54) is 0 Å². The molecule has 2 fully saturated rings. The Morgan fingerprint density at radius 2 is 1.62 bits per heavy atom. The molecule has 1 N–H and O–H groups in total. The number of fused-ring (bicyclic) bond motifs is 1. The van der Waals surface area contributed by atoms with Crippen LogP contribution in [0.5, 0.6) is 0 Å². The number of pyridine rings is 1. The first-order valence-electron chi connectivity index (χ1n) is 10.9. The average Bonchev–Trinajstić information content (AvgIpc) is 3.05. The summed E-state index contributed by atoms with van der Waals surface area (Å²) < 4.78 is 0. The van der Waals surface area contributed by atoms with E-state index in [9.17, 15) is 19.2 Å². The van der Waals surface area contributed by atoms with Crippen LogP contribution in [-0.4, -0.2) is 70.6 Å². The van der Waals surface area contributed by atoms with Gasteiger partial charge < -0.3 is 4.90 Å². The van der Waals surface area contributed by atoms with Gasteiger partial charge in [0.15, 0.2) is 0 Å². The highest BCUT2D eigenvalue weighted by Gasteiger charge is 2.44. The summed E-state index contributed by atoms with van der Waals surface area (Å²) in [7, 11) is 0. The maximum atomic E-state index is 13.0. The second-order valence-corrected chi connectivity index (χ2v) is 9.36. The topological polar surface area (TPSA) is 103 Å². The lowest BCUT2D eigenvalue weighted by Crippen LogP contribution is -2.54. The average molecular weight is 502 g/mol. The lowest BCUT2D eigenvalue weighted by molar-refractivity contribution is -0.136. The van der Waals surface area contributed by atoms with Crippen LogP contribution in [0.3, 0.4) is 0 Å². The molecular formula is C23H21Cl2N5O4. The number of halogens is 2. The van der Waals surface area contributed by atoms with Crippen LogP contribution < -0.4 is 10.2 Å². The summed E-state index contributed by atoms with van der Waals surface area (Å²) in [6.45, 7) is 3.60. The standard InChI is InChI=1S/C23H21Cl2N5O4/c24-16-10-26-11-17(25)20(16)29-7-5-28(6-8-29)12-13-1-2-14-15(9-13)23(34)30(22(14)33)18-3-4-19(31)27-21(18)32/h1-2,9-11,18H,3-8,12H2,(H,27,31,32). The Kier molecular flexibility index (Phi) is 6.01. The number of piperazine rings is 1. The molecule has 1 atom stereocenters. The van der Waals surface area contributed by atoms with Gasteiger partial charge in [0, 0.05) is 51.5 Å². The molecule has 0 aliphatic carbocycles. The van der Waals surface area contributed by atoms with E-state index in [0.717, 1.165) is 42.3 Å². The van der Waals surface area contributed by atoms with Gasteiger partial charge in [-0.1, -0.05) is 29.3 Å². The van der Waals surface area contributed by atoms with Gasteiger partial charge in [-0.15, -0.1) is 0 Å². The summed E-state index contributed by atoms with van der Waals surface area (Å²) in [5.41, 5.74) is 2.26. The molecule has 2 aromatic rings. The molecule has 4 amide bonds. The smallest absolute Gasteiger partial charge is 0.262 e. The van der Waals surface area contributed by atoms with Gasteiger partial charge in [0.2, 0.25) is 11.8 Å². The Bertz CT molecular complexity index is 1190. The molecule has 1 aromatic carbocycles. The Morgan fingerprint density at radius 3 is 2.29 bits per heavy atom. The number of rotatable bonds is 4. The SMILES string of the molecule is O=C1CCC(N2C(=O)c3ccc(CN4CCN(c5c(Cl)cncc5Cl)CC4)cc3C2=O)C(=O)N1. The first-order valence-corrected chi connectivity index (χ1v) is 11.7. The number of carbonyl (C=O) groups is 4. The molecule has 0 saturated carbocycles. The summed E-state index contributed by atoms with van der Waals surface area (Å²) in [6.07, 6.45) is 3.39. The maximum absolute atomic E-state index is 13.0. The van der Waals surface area contributed by atoms with Crippen molar-refractivity contribution in [2.75, 3.05) is 31.1 Å². The molecule has 1 aromatic heterocycles. The van der Waals surface area contributed by atoms with Crippen LogP contribution in [0.2, 0.25) is 10.0 Å². The fraction of sp³-hybridized carbons (Fsp3) is 0.348. The third kappa shape index (κ3) is 4.04. The maximum Gasteiger partial charge on any atom is 0.262 e. The zero-order chi connectivity index (χ0) is 24.0. The molecule has 5 rings (SSSR count). The predicted molar refractivity (Wildman–Crippen MR) is 125 cm³/mol. The Hall–Kier alpha value is -3.01. The molecule has 0 spiro atoms. The van der Waals surface area contributed by atoms with E-state index >= 15 is 0 Å². The summed E-state index contributed by atoms with van der Waals surface area (Å²) in [5.74, 6) is -2.00. The Labute approximate surface area is 205 Å². The van der Waals surface area contributed by atoms with Gasteiger partial charge >= 0.3 is 0 Å². The number of aromatic nitrogens is 1. The zero-order valence-electron chi connectivity index (χ0n) is 18.1. The molecule has 3 aliphatic rings. The third-order valence-electron chi connectivity index (χ3n) is 6.43. The molecule has 2 saturated heterocycles. The van der Waals surface area contributed by atoms with Gasteiger partial charge in [-0.25, -0.2) is 0 Å².